The number of carbonyl (C=O) groups excluding carboxylic acids is 1. The predicted molar refractivity (Wildman–Crippen MR) is 68.8 cm³/mol. The molecule has 0 bridgehead atoms. The van der Waals surface area contributed by atoms with Gasteiger partial charge in [0.1, 0.15) is 13.2 Å². The number of rotatable bonds is 5. The number of quaternary nitrogens is 1. The Bertz CT molecular complexity index is 358. The minimum absolute atomic E-state index is 0.241. The highest BCUT2D eigenvalue weighted by molar-refractivity contribution is 5.89. The predicted octanol–water partition coefficient (Wildman–Crippen LogP) is 2.33. The van der Waals surface area contributed by atoms with Crippen LogP contribution in [-0.4, -0.2) is 43.7 Å². The maximum Gasteiger partial charge on any atom is 0.338 e. The topological polar surface area (TPSA) is 26.3 Å². The molecule has 1 aromatic rings. The molecule has 0 spiro atoms. The Morgan fingerprint density at radius 2 is 1.82 bits per heavy atom. The summed E-state index contributed by atoms with van der Waals surface area (Å²) in [6, 6.07) is 9.62. The minimum atomic E-state index is -0.241. The van der Waals surface area contributed by atoms with E-state index in [2.05, 4.69) is 27.9 Å². The zero-order valence-corrected chi connectivity index (χ0v) is 11.1. The zero-order valence-electron chi connectivity index (χ0n) is 11.1. The highest BCUT2D eigenvalue weighted by atomic mass is 16.5. The molecule has 3 heteroatoms. The lowest BCUT2D eigenvalue weighted by Crippen LogP contribution is -2.47. The number of likely N-dealkylation sites (N-methyl/N-ethyl adjacent to an activating group) is 1. The van der Waals surface area contributed by atoms with E-state index in [1.807, 2.05) is 18.2 Å². The largest absolute Gasteiger partial charge is 0.456 e. The second-order valence-electron chi connectivity index (χ2n) is 5.10. The van der Waals surface area contributed by atoms with Crippen molar-refractivity contribution in [3.05, 3.63) is 35.9 Å². The molecule has 1 rings (SSSR count). The van der Waals surface area contributed by atoms with Gasteiger partial charge in [-0.3, -0.25) is 0 Å². The average Bonchev–Trinajstić information content (AvgIpc) is 2.29. The van der Waals surface area contributed by atoms with E-state index in [4.69, 9.17) is 4.74 Å². The number of nitrogens with zero attached hydrogens (tertiary/aromatic N) is 1. The van der Waals surface area contributed by atoms with Crippen LogP contribution in [0.3, 0.4) is 0 Å². The van der Waals surface area contributed by atoms with Crippen molar-refractivity contribution in [1.29, 1.82) is 0 Å². The summed E-state index contributed by atoms with van der Waals surface area (Å²) in [6.07, 6.45) is 0. The summed E-state index contributed by atoms with van der Waals surface area (Å²) in [5.41, 5.74) is 0.613. The van der Waals surface area contributed by atoms with Crippen molar-refractivity contribution < 1.29 is 14.0 Å². The first-order chi connectivity index (χ1) is 7.93. The van der Waals surface area contributed by atoms with Crippen molar-refractivity contribution in [2.75, 3.05) is 27.2 Å². The van der Waals surface area contributed by atoms with Gasteiger partial charge in [-0.1, -0.05) is 18.2 Å². The summed E-state index contributed by atoms with van der Waals surface area (Å²) in [5.74, 6) is -0.241. The molecule has 0 amide bonds. The van der Waals surface area contributed by atoms with Gasteiger partial charge in [-0.2, -0.15) is 0 Å². The van der Waals surface area contributed by atoms with Crippen LogP contribution in [0.25, 0.3) is 0 Å². The first kappa shape index (κ1) is 13.7. The molecule has 94 valence electrons. The third kappa shape index (κ3) is 4.19. The van der Waals surface area contributed by atoms with Crippen molar-refractivity contribution in [2.24, 2.45) is 0 Å². The number of benzene rings is 1. The molecule has 0 unspecified atom stereocenters. The Kier molecular flexibility index (Phi) is 4.70. The van der Waals surface area contributed by atoms with E-state index in [-0.39, 0.29) is 5.97 Å². The highest BCUT2D eigenvalue weighted by Gasteiger charge is 2.20. The van der Waals surface area contributed by atoms with Crippen LogP contribution in [-0.2, 0) is 4.74 Å². The van der Waals surface area contributed by atoms with Gasteiger partial charge < -0.3 is 9.22 Å². The Labute approximate surface area is 104 Å². The molecule has 0 heterocycles. The number of hydrogen-bond acceptors (Lipinski definition) is 2. The van der Waals surface area contributed by atoms with E-state index in [0.29, 0.717) is 18.2 Å². The molecule has 3 nitrogen and oxygen atoms in total. The third-order valence-corrected chi connectivity index (χ3v) is 3.31. The number of ether oxygens (including phenoxy) is 1. The van der Waals surface area contributed by atoms with Crippen LogP contribution in [0.5, 0.6) is 0 Å². The van der Waals surface area contributed by atoms with Gasteiger partial charge in [0, 0.05) is 0 Å². The monoisotopic (exact) mass is 236 g/mol. The summed E-state index contributed by atoms with van der Waals surface area (Å²) in [4.78, 5) is 11.7. The van der Waals surface area contributed by atoms with E-state index in [1.165, 1.54) is 0 Å². The van der Waals surface area contributed by atoms with Crippen molar-refractivity contribution in [2.45, 2.75) is 19.9 Å². The van der Waals surface area contributed by atoms with E-state index in [9.17, 15) is 4.79 Å². The summed E-state index contributed by atoms with van der Waals surface area (Å²) in [6.45, 7) is 5.62. The van der Waals surface area contributed by atoms with Crippen LogP contribution in [0.4, 0.5) is 0 Å². The molecule has 0 atom stereocenters. The lowest BCUT2D eigenvalue weighted by atomic mass is 10.2. The van der Waals surface area contributed by atoms with Gasteiger partial charge in [-0.15, -0.1) is 0 Å². The second kappa shape index (κ2) is 5.82. The quantitative estimate of drug-likeness (QED) is 0.579. The lowest BCUT2D eigenvalue weighted by molar-refractivity contribution is -0.911. The molecule has 1 aromatic carbocycles. The third-order valence-electron chi connectivity index (χ3n) is 3.31. The van der Waals surface area contributed by atoms with E-state index >= 15 is 0 Å². The summed E-state index contributed by atoms with van der Waals surface area (Å²) >= 11 is 0. The molecular formula is C14H22NO2+. The van der Waals surface area contributed by atoms with Crippen LogP contribution in [0.1, 0.15) is 24.2 Å². The Balaban J connectivity index is 2.40. The van der Waals surface area contributed by atoms with E-state index in [1.54, 1.807) is 12.1 Å². The Hall–Kier alpha value is -1.35. The van der Waals surface area contributed by atoms with Gasteiger partial charge in [0.05, 0.1) is 25.7 Å². The molecule has 0 fully saturated rings. The first-order valence-corrected chi connectivity index (χ1v) is 5.98. The fourth-order valence-corrected chi connectivity index (χ4v) is 1.29. The van der Waals surface area contributed by atoms with Crippen LogP contribution in [0.15, 0.2) is 30.3 Å². The molecule has 0 aliphatic carbocycles. The van der Waals surface area contributed by atoms with Crippen LogP contribution < -0.4 is 0 Å². The number of carbonyl (C=O) groups is 1. The van der Waals surface area contributed by atoms with E-state index < -0.39 is 0 Å². The SMILES string of the molecule is CC(C)[N+](C)(C)CCOC(=O)c1ccccc1. The molecule has 0 saturated heterocycles. The summed E-state index contributed by atoms with van der Waals surface area (Å²) in [5, 5.41) is 0. The molecular weight excluding hydrogens is 214 g/mol. The average molecular weight is 236 g/mol. The molecule has 0 aromatic heterocycles. The molecule has 0 aliphatic heterocycles. The van der Waals surface area contributed by atoms with E-state index in [0.717, 1.165) is 11.0 Å². The fourth-order valence-electron chi connectivity index (χ4n) is 1.29. The van der Waals surface area contributed by atoms with Crippen LogP contribution in [0, 0.1) is 0 Å². The van der Waals surface area contributed by atoms with Gasteiger partial charge in [0.25, 0.3) is 0 Å². The summed E-state index contributed by atoms with van der Waals surface area (Å²) in [7, 11) is 4.28. The Morgan fingerprint density at radius 1 is 1.24 bits per heavy atom. The van der Waals surface area contributed by atoms with Crippen LogP contribution in [0.2, 0.25) is 0 Å². The van der Waals surface area contributed by atoms with Gasteiger partial charge in [-0.25, -0.2) is 4.79 Å². The normalized spacial score (nSPS) is 11.6. The van der Waals surface area contributed by atoms with Gasteiger partial charge >= 0.3 is 5.97 Å². The molecule has 0 radical (unpaired) electrons. The Morgan fingerprint density at radius 3 is 2.35 bits per heavy atom. The van der Waals surface area contributed by atoms with Crippen molar-refractivity contribution in [3.63, 3.8) is 0 Å². The maximum absolute atomic E-state index is 11.7. The van der Waals surface area contributed by atoms with Crippen molar-refractivity contribution >= 4 is 5.97 Å². The molecule has 0 N–H and O–H groups in total. The van der Waals surface area contributed by atoms with Crippen LogP contribution >= 0.6 is 0 Å². The van der Waals surface area contributed by atoms with Crippen molar-refractivity contribution in [3.8, 4) is 0 Å². The molecule has 0 aliphatic rings. The molecule has 17 heavy (non-hydrogen) atoms. The zero-order chi connectivity index (χ0) is 12.9. The van der Waals surface area contributed by atoms with Gasteiger partial charge in [0.15, 0.2) is 0 Å². The number of esters is 1. The standard InChI is InChI=1S/C14H22NO2/c1-12(2)15(3,4)10-11-17-14(16)13-8-6-5-7-9-13/h5-9,12H,10-11H2,1-4H3/q+1. The second-order valence-corrected chi connectivity index (χ2v) is 5.10. The first-order valence-electron chi connectivity index (χ1n) is 5.98. The molecule has 0 saturated carbocycles. The van der Waals surface area contributed by atoms with Gasteiger partial charge in [-0.05, 0) is 26.0 Å². The fraction of sp³-hybridized carbons (Fsp3) is 0.500. The number of hydrogen-bond donors (Lipinski definition) is 0. The van der Waals surface area contributed by atoms with Gasteiger partial charge in [0.2, 0.25) is 0 Å². The minimum Gasteiger partial charge on any atom is -0.456 e. The highest BCUT2D eigenvalue weighted by Crippen LogP contribution is 2.06. The maximum atomic E-state index is 11.7. The summed E-state index contributed by atoms with van der Waals surface area (Å²) < 4.78 is 6.11. The lowest BCUT2D eigenvalue weighted by Gasteiger charge is -2.33. The smallest absolute Gasteiger partial charge is 0.338 e. The van der Waals surface area contributed by atoms with Crippen molar-refractivity contribution in [1.82, 2.24) is 0 Å².